The molecule has 1 amide bonds. The van der Waals surface area contributed by atoms with Gasteiger partial charge in [0.1, 0.15) is 5.69 Å². The number of hydrazine groups is 1. The summed E-state index contributed by atoms with van der Waals surface area (Å²) in [4.78, 5) is 11.7. The van der Waals surface area contributed by atoms with Gasteiger partial charge in [-0.3, -0.25) is 10.6 Å². The SMILES string of the molecule is CCNS(=O)(=O)CCNC(=O)c1cc(F)c(NN)c(F)c1. The second-order valence-electron chi connectivity index (χ2n) is 4.03. The average molecular weight is 322 g/mol. The number of carbonyl (C=O) groups excluding carboxylic acids is 1. The Labute approximate surface area is 120 Å². The number of sulfonamides is 1. The van der Waals surface area contributed by atoms with E-state index in [4.69, 9.17) is 5.84 Å². The van der Waals surface area contributed by atoms with Crippen molar-refractivity contribution in [1.82, 2.24) is 10.0 Å². The lowest BCUT2D eigenvalue weighted by atomic mass is 10.1. The molecule has 0 radical (unpaired) electrons. The van der Waals surface area contributed by atoms with E-state index < -0.39 is 33.3 Å². The molecule has 0 saturated carbocycles. The Bertz CT molecular complexity index is 599. The fraction of sp³-hybridized carbons (Fsp3) is 0.364. The van der Waals surface area contributed by atoms with Gasteiger partial charge in [0.2, 0.25) is 10.0 Å². The van der Waals surface area contributed by atoms with Crippen LogP contribution >= 0.6 is 0 Å². The van der Waals surface area contributed by atoms with Gasteiger partial charge in [0, 0.05) is 18.7 Å². The first kappa shape index (κ1) is 17.3. The predicted octanol–water partition coefficient (Wildman–Crippen LogP) is -0.0805. The third kappa shape index (κ3) is 4.92. The van der Waals surface area contributed by atoms with Gasteiger partial charge in [0.05, 0.1) is 5.75 Å². The molecule has 0 fully saturated rings. The van der Waals surface area contributed by atoms with Crippen LogP contribution in [0.15, 0.2) is 12.1 Å². The highest BCUT2D eigenvalue weighted by molar-refractivity contribution is 7.89. The number of anilines is 1. The molecule has 0 aliphatic rings. The monoisotopic (exact) mass is 322 g/mol. The molecule has 0 unspecified atom stereocenters. The molecule has 0 heterocycles. The number of amides is 1. The molecule has 0 saturated heterocycles. The Morgan fingerprint density at radius 3 is 2.33 bits per heavy atom. The molecule has 0 aromatic heterocycles. The van der Waals surface area contributed by atoms with E-state index in [2.05, 4.69) is 10.0 Å². The van der Waals surface area contributed by atoms with Gasteiger partial charge in [-0.1, -0.05) is 6.92 Å². The lowest BCUT2D eigenvalue weighted by Crippen LogP contribution is -2.34. The molecule has 0 spiro atoms. The summed E-state index contributed by atoms with van der Waals surface area (Å²) < 4.78 is 51.7. The summed E-state index contributed by atoms with van der Waals surface area (Å²) in [5.74, 6) is 1.76. The molecule has 118 valence electrons. The summed E-state index contributed by atoms with van der Waals surface area (Å²) in [6.45, 7) is 1.67. The van der Waals surface area contributed by atoms with Crippen LogP contribution in [0.1, 0.15) is 17.3 Å². The van der Waals surface area contributed by atoms with Crippen LogP contribution < -0.4 is 21.3 Å². The largest absolute Gasteiger partial charge is 0.351 e. The number of nitrogens with two attached hydrogens (primary N) is 1. The Balaban J connectivity index is 2.69. The van der Waals surface area contributed by atoms with Crippen LogP contribution in [0.2, 0.25) is 0 Å². The Kier molecular flexibility index (Phi) is 6.00. The van der Waals surface area contributed by atoms with Crippen molar-refractivity contribution in [1.29, 1.82) is 0 Å². The maximum atomic E-state index is 13.4. The van der Waals surface area contributed by atoms with Crippen LogP contribution in [0, 0.1) is 11.6 Å². The van der Waals surface area contributed by atoms with Crippen LogP contribution in [-0.2, 0) is 10.0 Å². The molecular formula is C11H16F2N4O3S. The van der Waals surface area contributed by atoms with Crippen LogP contribution in [-0.4, -0.2) is 33.2 Å². The zero-order valence-electron chi connectivity index (χ0n) is 11.2. The lowest BCUT2D eigenvalue weighted by molar-refractivity contribution is 0.0955. The summed E-state index contributed by atoms with van der Waals surface area (Å²) in [6.07, 6.45) is 0. The van der Waals surface area contributed by atoms with Crippen LogP contribution in [0.3, 0.4) is 0 Å². The molecule has 0 aliphatic carbocycles. The van der Waals surface area contributed by atoms with Gasteiger partial charge in [-0.2, -0.15) is 0 Å². The van der Waals surface area contributed by atoms with Crippen molar-refractivity contribution in [2.24, 2.45) is 5.84 Å². The smallest absolute Gasteiger partial charge is 0.251 e. The Morgan fingerprint density at radius 2 is 1.86 bits per heavy atom. The molecule has 7 nitrogen and oxygen atoms in total. The maximum Gasteiger partial charge on any atom is 0.251 e. The molecule has 5 N–H and O–H groups in total. The molecule has 1 rings (SSSR count). The van der Waals surface area contributed by atoms with E-state index in [1.807, 2.05) is 5.43 Å². The van der Waals surface area contributed by atoms with Crippen molar-refractivity contribution >= 4 is 21.6 Å². The summed E-state index contributed by atoms with van der Waals surface area (Å²) in [5.41, 5.74) is 1.01. The summed E-state index contributed by atoms with van der Waals surface area (Å²) in [5, 5.41) is 2.26. The number of rotatable bonds is 7. The molecule has 10 heteroatoms. The highest BCUT2D eigenvalue weighted by Crippen LogP contribution is 2.19. The van der Waals surface area contributed by atoms with E-state index in [0.717, 1.165) is 12.1 Å². The van der Waals surface area contributed by atoms with Gasteiger partial charge >= 0.3 is 0 Å². The van der Waals surface area contributed by atoms with Crippen molar-refractivity contribution in [2.75, 3.05) is 24.3 Å². The van der Waals surface area contributed by atoms with Gasteiger partial charge in [0.25, 0.3) is 5.91 Å². The summed E-state index contributed by atoms with van der Waals surface area (Å²) in [7, 11) is -3.48. The minimum absolute atomic E-state index is 0.186. The topological polar surface area (TPSA) is 113 Å². The van der Waals surface area contributed by atoms with E-state index >= 15 is 0 Å². The predicted molar refractivity (Wildman–Crippen MR) is 74.0 cm³/mol. The number of nitrogen functional groups attached to an aromatic ring is 1. The normalized spacial score (nSPS) is 11.2. The summed E-state index contributed by atoms with van der Waals surface area (Å²) >= 11 is 0. The van der Waals surface area contributed by atoms with Gasteiger partial charge in [0.15, 0.2) is 11.6 Å². The minimum atomic E-state index is -3.48. The first-order valence-corrected chi connectivity index (χ1v) is 7.67. The standard InChI is InChI=1S/C11H16F2N4O3S/c1-2-16-21(19,20)4-3-15-11(18)7-5-8(12)10(17-14)9(13)6-7/h5-6,16-17H,2-4,14H2,1H3,(H,15,18). The van der Waals surface area contributed by atoms with Crippen LogP contribution in [0.4, 0.5) is 14.5 Å². The van der Waals surface area contributed by atoms with Gasteiger partial charge in [-0.15, -0.1) is 0 Å². The number of nitrogens with one attached hydrogen (secondary N) is 3. The van der Waals surface area contributed by atoms with Gasteiger partial charge in [-0.05, 0) is 12.1 Å². The summed E-state index contributed by atoms with van der Waals surface area (Å²) in [6, 6.07) is 1.60. The molecular weight excluding hydrogens is 306 g/mol. The Morgan fingerprint density at radius 1 is 1.29 bits per heavy atom. The average Bonchev–Trinajstić information content (AvgIpc) is 2.37. The minimum Gasteiger partial charge on any atom is -0.351 e. The number of halogens is 2. The third-order valence-corrected chi connectivity index (χ3v) is 3.94. The van der Waals surface area contributed by atoms with Gasteiger partial charge < -0.3 is 10.7 Å². The first-order valence-electron chi connectivity index (χ1n) is 6.02. The first-order chi connectivity index (χ1) is 9.80. The van der Waals surface area contributed by atoms with Crippen LogP contribution in [0.5, 0.6) is 0 Å². The highest BCUT2D eigenvalue weighted by Gasteiger charge is 2.15. The van der Waals surface area contributed by atoms with Crippen molar-refractivity contribution in [3.63, 3.8) is 0 Å². The van der Waals surface area contributed by atoms with E-state index in [0.29, 0.717) is 0 Å². The highest BCUT2D eigenvalue weighted by atomic mass is 32.2. The van der Waals surface area contributed by atoms with E-state index in [9.17, 15) is 22.0 Å². The quantitative estimate of drug-likeness (QED) is 0.414. The molecule has 0 aliphatic heterocycles. The zero-order valence-corrected chi connectivity index (χ0v) is 12.1. The second kappa shape index (κ2) is 7.29. The molecule has 1 aromatic carbocycles. The molecule has 0 bridgehead atoms. The fourth-order valence-corrected chi connectivity index (χ4v) is 2.49. The van der Waals surface area contributed by atoms with Crippen molar-refractivity contribution < 1.29 is 22.0 Å². The second-order valence-corrected chi connectivity index (χ2v) is 5.96. The molecule has 21 heavy (non-hydrogen) atoms. The third-order valence-electron chi connectivity index (χ3n) is 2.47. The lowest BCUT2D eigenvalue weighted by Gasteiger charge is -2.09. The maximum absolute atomic E-state index is 13.4. The van der Waals surface area contributed by atoms with Crippen molar-refractivity contribution in [3.05, 3.63) is 29.3 Å². The van der Waals surface area contributed by atoms with E-state index in [1.165, 1.54) is 0 Å². The van der Waals surface area contributed by atoms with Crippen molar-refractivity contribution in [3.8, 4) is 0 Å². The van der Waals surface area contributed by atoms with Gasteiger partial charge in [-0.25, -0.2) is 21.9 Å². The Hall–Kier alpha value is -1.78. The van der Waals surface area contributed by atoms with Crippen molar-refractivity contribution in [2.45, 2.75) is 6.92 Å². The molecule has 1 aromatic rings. The molecule has 0 atom stereocenters. The number of hydrogen-bond acceptors (Lipinski definition) is 5. The number of carbonyl (C=O) groups is 1. The van der Waals surface area contributed by atoms with E-state index in [1.54, 1.807) is 6.92 Å². The number of hydrogen-bond donors (Lipinski definition) is 4. The van der Waals surface area contributed by atoms with Crippen LogP contribution in [0.25, 0.3) is 0 Å². The van der Waals surface area contributed by atoms with E-state index in [-0.39, 0.29) is 24.4 Å². The zero-order chi connectivity index (χ0) is 16.0. The fourth-order valence-electron chi connectivity index (χ4n) is 1.54. The number of benzene rings is 1.